The van der Waals surface area contributed by atoms with Crippen LogP contribution in [0.2, 0.25) is 0 Å². The number of carbonyl (C=O) groups excluding carboxylic acids is 1. The van der Waals surface area contributed by atoms with Crippen molar-refractivity contribution in [1.82, 2.24) is 0 Å². The first kappa shape index (κ1) is 13.1. The Hall–Kier alpha value is -2.36. The molecule has 4 nitrogen and oxygen atoms in total. The third-order valence-electron chi connectivity index (χ3n) is 2.72. The molecule has 19 heavy (non-hydrogen) atoms. The van der Waals surface area contributed by atoms with E-state index in [4.69, 9.17) is 4.42 Å². The Kier molecular flexibility index (Phi) is 3.80. The summed E-state index contributed by atoms with van der Waals surface area (Å²) in [5.74, 6) is 0.413. The molecule has 1 heterocycles. The van der Waals surface area contributed by atoms with Crippen LogP contribution in [-0.4, -0.2) is 5.78 Å². The van der Waals surface area contributed by atoms with Gasteiger partial charge in [0, 0.05) is 12.6 Å². The zero-order valence-corrected chi connectivity index (χ0v) is 10.9. The topological polar surface area (TPSA) is 59.3 Å². The maximum absolute atomic E-state index is 11.8. The van der Waals surface area contributed by atoms with Gasteiger partial charge < -0.3 is 9.73 Å². The lowest BCUT2D eigenvalue weighted by Gasteiger charge is -2.09. The third kappa shape index (κ3) is 3.10. The lowest BCUT2D eigenvalue weighted by molar-refractivity contribution is 0.101. The number of aryl methyl sites for hydroxylation is 1. The molecule has 4 heteroatoms. The van der Waals surface area contributed by atoms with Gasteiger partial charge in [-0.2, -0.15) is 0 Å². The number of ketones is 1. The van der Waals surface area contributed by atoms with Crippen molar-refractivity contribution in [3.63, 3.8) is 0 Å². The molecule has 0 atom stereocenters. The molecular weight excluding hydrogens is 242 g/mol. The lowest BCUT2D eigenvalue weighted by atomic mass is 10.1. The van der Waals surface area contributed by atoms with Crippen LogP contribution < -0.4 is 10.7 Å². The van der Waals surface area contributed by atoms with Gasteiger partial charge in [0.15, 0.2) is 11.2 Å². The molecule has 0 saturated heterocycles. The molecule has 1 N–H and O–H groups in total. The fraction of sp³-hybridized carbons (Fsp3) is 0.200. The molecule has 0 saturated carbocycles. The number of hydrogen-bond donors (Lipinski definition) is 1. The molecule has 0 aliphatic heterocycles. The molecule has 1 aromatic carbocycles. The van der Waals surface area contributed by atoms with Crippen LogP contribution in [0, 0.1) is 6.92 Å². The molecular formula is C15H15NO3. The minimum Gasteiger partial charge on any atom is -0.445 e. The number of anilines is 1. The summed E-state index contributed by atoms with van der Waals surface area (Å²) in [6.45, 7) is 3.53. The summed E-state index contributed by atoms with van der Waals surface area (Å²) < 4.78 is 5.44. The van der Waals surface area contributed by atoms with E-state index in [1.807, 2.05) is 30.3 Å². The molecule has 0 radical (unpaired) electrons. The van der Waals surface area contributed by atoms with Crippen molar-refractivity contribution in [3.05, 3.63) is 63.5 Å². The quantitative estimate of drug-likeness (QED) is 0.855. The van der Waals surface area contributed by atoms with Gasteiger partial charge in [-0.3, -0.25) is 9.59 Å². The molecule has 2 rings (SSSR count). The van der Waals surface area contributed by atoms with Crippen LogP contribution in [-0.2, 0) is 6.54 Å². The minimum absolute atomic E-state index is 0.0709. The van der Waals surface area contributed by atoms with E-state index in [1.165, 1.54) is 13.0 Å². The van der Waals surface area contributed by atoms with Crippen LogP contribution in [0.3, 0.4) is 0 Å². The summed E-state index contributed by atoms with van der Waals surface area (Å²) in [7, 11) is 0. The summed E-state index contributed by atoms with van der Waals surface area (Å²) >= 11 is 0. The van der Waals surface area contributed by atoms with E-state index in [-0.39, 0.29) is 22.7 Å². The van der Waals surface area contributed by atoms with Crippen molar-refractivity contribution >= 4 is 11.7 Å². The normalized spacial score (nSPS) is 10.2. The van der Waals surface area contributed by atoms with Crippen molar-refractivity contribution in [1.29, 1.82) is 0 Å². The minimum atomic E-state index is -0.313. The van der Waals surface area contributed by atoms with Crippen molar-refractivity contribution in [2.75, 3.05) is 5.32 Å². The first-order valence-corrected chi connectivity index (χ1v) is 6.01. The zero-order valence-electron chi connectivity index (χ0n) is 10.9. The van der Waals surface area contributed by atoms with Gasteiger partial charge in [-0.25, -0.2) is 0 Å². The van der Waals surface area contributed by atoms with Gasteiger partial charge in [-0.15, -0.1) is 0 Å². The summed E-state index contributed by atoms with van der Waals surface area (Å²) in [6, 6.07) is 11.0. The van der Waals surface area contributed by atoms with E-state index in [2.05, 4.69) is 5.32 Å². The predicted molar refractivity (Wildman–Crippen MR) is 73.5 cm³/mol. The molecule has 2 aromatic rings. The molecule has 0 aliphatic carbocycles. The van der Waals surface area contributed by atoms with Gasteiger partial charge in [-0.05, 0) is 19.4 Å². The summed E-state index contributed by atoms with van der Waals surface area (Å²) in [4.78, 5) is 23.3. The highest BCUT2D eigenvalue weighted by atomic mass is 16.4. The third-order valence-corrected chi connectivity index (χ3v) is 2.72. The molecule has 1 aromatic heterocycles. The number of hydrogen-bond acceptors (Lipinski definition) is 4. The number of carbonyl (C=O) groups is 1. The van der Waals surface area contributed by atoms with E-state index in [0.717, 1.165) is 5.56 Å². The Labute approximate surface area is 111 Å². The molecule has 0 bridgehead atoms. The van der Waals surface area contributed by atoms with Crippen LogP contribution in [0.4, 0.5) is 5.88 Å². The molecule has 0 aliphatic rings. The second-order valence-corrected chi connectivity index (χ2v) is 4.32. The largest absolute Gasteiger partial charge is 0.445 e. The van der Waals surface area contributed by atoms with E-state index in [0.29, 0.717) is 12.3 Å². The first-order valence-electron chi connectivity index (χ1n) is 6.01. The van der Waals surface area contributed by atoms with Crippen molar-refractivity contribution < 1.29 is 9.21 Å². The van der Waals surface area contributed by atoms with E-state index < -0.39 is 0 Å². The van der Waals surface area contributed by atoms with E-state index in [1.54, 1.807) is 6.92 Å². The van der Waals surface area contributed by atoms with Gasteiger partial charge in [-0.1, -0.05) is 30.3 Å². The second kappa shape index (κ2) is 5.52. The standard InChI is InChI=1S/C15H15NO3/c1-10-8-13(18)14(11(2)17)15(19-10)16-9-12-6-4-3-5-7-12/h3-8,16H,9H2,1-2H3. The monoisotopic (exact) mass is 257 g/mol. The number of rotatable bonds is 4. The molecule has 0 amide bonds. The highest BCUT2D eigenvalue weighted by molar-refractivity contribution is 5.98. The fourth-order valence-corrected chi connectivity index (χ4v) is 1.85. The molecule has 0 spiro atoms. The van der Waals surface area contributed by atoms with Crippen LogP contribution >= 0.6 is 0 Å². The Balaban J connectivity index is 2.29. The second-order valence-electron chi connectivity index (χ2n) is 4.32. The average molecular weight is 257 g/mol. The Bertz CT molecular complexity index is 644. The van der Waals surface area contributed by atoms with Crippen LogP contribution in [0.1, 0.15) is 28.6 Å². The fourth-order valence-electron chi connectivity index (χ4n) is 1.85. The Morgan fingerprint density at radius 2 is 1.95 bits per heavy atom. The average Bonchev–Trinajstić information content (AvgIpc) is 2.36. The Morgan fingerprint density at radius 3 is 2.58 bits per heavy atom. The van der Waals surface area contributed by atoms with Crippen molar-refractivity contribution in [2.24, 2.45) is 0 Å². The summed E-state index contributed by atoms with van der Waals surface area (Å²) in [5, 5.41) is 3.01. The first-order chi connectivity index (χ1) is 9.08. The van der Waals surface area contributed by atoms with Gasteiger partial charge in [0.1, 0.15) is 11.3 Å². The molecule has 0 unspecified atom stereocenters. The SMILES string of the molecule is CC(=O)c1c(NCc2ccccc2)oc(C)cc1=O. The number of Topliss-reactive ketones (excluding diaryl/α,β-unsaturated/α-hetero) is 1. The predicted octanol–water partition coefficient (Wildman–Crippen LogP) is 2.76. The highest BCUT2D eigenvalue weighted by Crippen LogP contribution is 2.15. The smallest absolute Gasteiger partial charge is 0.208 e. The van der Waals surface area contributed by atoms with Crippen LogP contribution in [0.5, 0.6) is 0 Å². The molecule has 98 valence electrons. The van der Waals surface area contributed by atoms with Crippen LogP contribution in [0.15, 0.2) is 45.6 Å². The summed E-state index contributed by atoms with van der Waals surface area (Å²) in [6.07, 6.45) is 0. The van der Waals surface area contributed by atoms with Crippen molar-refractivity contribution in [2.45, 2.75) is 20.4 Å². The van der Waals surface area contributed by atoms with Gasteiger partial charge in [0.05, 0.1) is 0 Å². The van der Waals surface area contributed by atoms with E-state index >= 15 is 0 Å². The van der Waals surface area contributed by atoms with Crippen molar-refractivity contribution in [3.8, 4) is 0 Å². The number of benzene rings is 1. The summed E-state index contributed by atoms with van der Waals surface area (Å²) in [5.41, 5.74) is 0.800. The van der Waals surface area contributed by atoms with Gasteiger partial charge >= 0.3 is 0 Å². The number of nitrogens with one attached hydrogen (secondary N) is 1. The van der Waals surface area contributed by atoms with Gasteiger partial charge in [0.25, 0.3) is 0 Å². The highest BCUT2D eigenvalue weighted by Gasteiger charge is 2.14. The Morgan fingerprint density at radius 1 is 1.26 bits per heavy atom. The van der Waals surface area contributed by atoms with E-state index in [9.17, 15) is 9.59 Å². The molecule has 0 fully saturated rings. The maximum Gasteiger partial charge on any atom is 0.208 e. The maximum atomic E-state index is 11.8. The van der Waals surface area contributed by atoms with Gasteiger partial charge in [0.2, 0.25) is 5.88 Å². The lowest BCUT2D eigenvalue weighted by Crippen LogP contribution is -2.16. The van der Waals surface area contributed by atoms with Crippen LogP contribution in [0.25, 0.3) is 0 Å². The zero-order chi connectivity index (χ0) is 13.8.